The van der Waals surface area contributed by atoms with Gasteiger partial charge < -0.3 is 15.4 Å². The minimum absolute atomic E-state index is 0.0649. The van der Waals surface area contributed by atoms with Gasteiger partial charge in [0.05, 0.1) is 19.0 Å². The summed E-state index contributed by atoms with van der Waals surface area (Å²) in [5.74, 6) is 2.00. The molecule has 0 amide bonds. The van der Waals surface area contributed by atoms with Crippen molar-refractivity contribution in [3.63, 3.8) is 0 Å². The van der Waals surface area contributed by atoms with Gasteiger partial charge in [0.2, 0.25) is 0 Å². The fourth-order valence-corrected chi connectivity index (χ4v) is 2.27. The molecule has 0 aliphatic carbocycles. The number of sulfone groups is 1. The van der Waals surface area contributed by atoms with E-state index in [1.54, 1.807) is 7.05 Å². The highest BCUT2D eigenvalue weighted by molar-refractivity contribution is 7.98. The van der Waals surface area contributed by atoms with E-state index in [-0.39, 0.29) is 12.4 Å². The summed E-state index contributed by atoms with van der Waals surface area (Å²) in [5.41, 5.74) is 0. The van der Waals surface area contributed by atoms with Crippen molar-refractivity contribution in [3.05, 3.63) is 0 Å². The summed E-state index contributed by atoms with van der Waals surface area (Å²) in [7, 11) is -1.21. The minimum atomic E-state index is -2.94. The predicted molar refractivity (Wildman–Crippen MR) is 87.5 cm³/mol. The second-order valence-electron chi connectivity index (χ2n) is 4.37. The van der Waals surface area contributed by atoms with Crippen molar-refractivity contribution in [2.24, 2.45) is 4.99 Å². The van der Waals surface area contributed by atoms with Crippen molar-refractivity contribution in [1.82, 2.24) is 10.6 Å². The van der Waals surface area contributed by atoms with Gasteiger partial charge in [-0.1, -0.05) is 0 Å². The number of hydrogen-bond donors (Lipinski definition) is 2. The van der Waals surface area contributed by atoms with Crippen LogP contribution in [0.1, 0.15) is 12.8 Å². The predicted octanol–water partition coefficient (Wildman–Crippen LogP) is 0.356. The van der Waals surface area contributed by atoms with Gasteiger partial charge in [0.1, 0.15) is 9.84 Å². The Hall–Kier alpha value is -0.470. The van der Waals surface area contributed by atoms with Crippen LogP contribution < -0.4 is 10.6 Å². The summed E-state index contributed by atoms with van der Waals surface area (Å²) in [6.07, 6.45) is 5.63. The Morgan fingerprint density at radius 1 is 1.20 bits per heavy atom. The summed E-state index contributed by atoms with van der Waals surface area (Å²) in [4.78, 5) is 4.10. The van der Waals surface area contributed by atoms with Crippen LogP contribution in [-0.4, -0.2) is 71.7 Å². The maximum absolute atomic E-state index is 10.9. The number of nitrogens with zero attached hydrogens (tertiary/aromatic N) is 1. The quantitative estimate of drug-likeness (QED) is 0.324. The Bertz CT molecular complexity index is 359. The van der Waals surface area contributed by atoms with Gasteiger partial charge in [0.25, 0.3) is 0 Å². The fraction of sp³-hybridized carbons (Fsp3) is 0.917. The number of ether oxygens (including phenoxy) is 1. The molecule has 0 aliphatic rings. The van der Waals surface area contributed by atoms with Crippen LogP contribution in [0.2, 0.25) is 0 Å². The van der Waals surface area contributed by atoms with Crippen LogP contribution in [0.4, 0.5) is 0 Å². The zero-order valence-electron chi connectivity index (χ0n) is 12.6. The molecule has 120 valence electrons. The van der Waals surface area contributed by atoms with Crippen molar-refractivity contribution in [2.75, 3.05) is 57.4 Å². The van der Waals surface area contributed by atoms with Crippen LogP contribution in [0, 0.1) is 0 Å². The molecule has 8 heteroatoms. The van der Waals surface area contributed by atoms with Crippen LogP contribution in [0.15, 0.2) is 4.99 Å². The molecule has 0 rings (SSSR count). The van der Waals surface area contributed by atoms with Gasteiger partial charge in [-0.2, -0.15) is 11.8 Å². The standard InChI is InChI=1S/C12H27N3O3S2/c1-13-12(14-6-4-5-10-19-2)15-7-8-18-9-11-20(3,16)17/h4-11H2,1-3H3,(H2,13,14,15). The van der Waals surface area contributed by atoms with Crippen LogP contribution in [0.5, 0.6) is 0 Å². The number of thioether (sulfide) groups is 1. The molecule has 0 fully saturated rings. The molecular weight excluding hydrogens is 298 g/mol. The normalized spacial score (nSPS) is 12.4. The summed E-state index contributed by atoms with van der Waals surface area (Å²) >= 11 is 1.86. The molecule has 20 heavy (non-hydrogen) atoms. The van der Waals surface area contributed by atoms with E-state index in [2.05, 4.69) is 21.9 Å². The second kappa shape index (κ2) is 12.3. The average molecular weight is 326 g/mol. The van der Waals surface area contributed by atoms with Crippen molar-refractivity contribution in [3.8, 4) is 0 Å². The van der Waals surface area contributed by atoms with Gasteiger partial charge in [0.15, 0.2) is 5.96 Å². The molecule has 2 N–H and O–H groups in total. The third-order valence-corrected chi connectivity index (χ3v) is 4.03. The van der Waals surface area contributed by atoms with Gasteiger partial charge in [-0.25, -0.2) is 8.42 Å². The first-order valence-electron chi connectivity index (χ1n) is 6.68. The lowest BCUT2D eigenvalue weighted by Crippen LogP contribution is -2.39. The van der Waals surface area contributed by atoms with E-state index in [1.807, 2.05) is 11.8 Å². The molecule has 0 bridgehead atoms. The number of rotatable bonds is 11. The highest BCUT2D eigenvalue weighted by Crippen LogP contribution is 1.97. The van der Waals surface area contributed by atoms with E-state index in [9.17, 15) is 8.42 Å². The van der Waals surface area contributed by atoms with E-state index in [4.69, 9.17) is 4.74 Å². The van der Waals surface area contributed by atoms with Crippen molar-refractivity contribution >= 4 is 27.6 Å². The topological polar surface area (TPSA) is 79.8 Å². The Morgan fingerprint density at radius 2 is 1.90 bits per heavy atom. The first kappa shape index (κ1) is 19.5. The number of aliphatic imine (C=N–C) groups is 1. The van der Waals surface area contributed by atoms with Crippen LogP contribution in [0.25, 0.3) is 0 Å². The molecule has 0 saturated heterocycles. The lowest BCUT2D eigenvalue weighted by atomic mass is 10.3. The maximum atomic E-state index is 10.9. The molecular formula is C12H27N3O3S2. The molecule has 6 nitrogen and oxygen atoms in total. The molecule has 0 aromatic rings. The zero-order chi connectivity index (χ0) is 15.3. The van der Waals surface area contributed by atoms with Gasteiger partial charge in [0, 0.05) is 26.4 Å². The average Bonchev–Trinajstić information content (AvgIpc) is 2.38. The van der Waals surface area contributed by atoms with E-state index < -0.39 is 9.84 Å². The second-order valence-corrected chi connectivity index (χ2v) is 7.61. The smallest absolute Gasteiger partial charge is 0.191 e. The summed E-state index contributed by atoms with van der Waals surface area (Å²) in [5, 5.41) is 6.34. The SMILES string of the molecule is CN=C(NCCCCSC)NCCOCCS(C)(=O)=O. The first-order chi connectivity index (χ1) is 9.49. The molecule has 0 heterocycles. The van der Waals surface area contributed by atoms with Gasteiger partial charge in [-0.15, -0.1) is 0 Å². The number of guanidine groups is 1. The molecule has 0 unspecified atom stereocenters. The monoisotopic (exact) mass is 325 g/mol. The lowest BCUT2D eigenvalue weighted by molar-refractivity contribution is 0.154. The fourth-order valence-electron chi connectivity index (χ4n) is 1.35. The Morgan fingerprint density at radius 3 is 2.50 bits per heavy atom. The molecule has 0 spiro atoms. The van der Waals surface area contributed by atoms with Crippen LogP contribution in [0.3, 0.4) is 0 Å². The number of nitrogens with one attached hydrogen (secondary N) is 2. The molecule has 0 aliphatic heterocycles. The third-order valence-electron chi connectivity index (χ3n) is 2.43. The Kier molecular flexibility index (Phi) is 12.0. The highest BCUT2D eigenvalue weighted by Gasteiger charge is 2.01. The summed E-state index contributed by atoms with van der Waals surface area (Å²) in [6, 6.07) is 0. The van der Waals surface area contributed by atoms with E-state index in [0.29, 0.717) is 13.2 Å². The largest absolute Gasteiger partial charge is 0.379 e. The Balaban J connectivity index is 3.51. The molecule has 0 aromatic heterocycles. The van der Waals surface area contributed by atoms with Crippen molar-refractivity contribution in [2.45, 2.75) is 12.8 Å². The molecule has 0 radical (unpaired) electrons. The first-order valence-corrected chi connectivity index (χ1v) is 10.1. The summed E-state index contributed by atoms with van der Waals surface area (Å²) in [6.45, 7) is 2.20. The number of hydrogen-bond acceptors (Lipinski definition) is 5. The van der Waals surface area contributed by atoms with Crippen LogP contribution in [-0.2, 0) is 14.6 Å². The number of unbranched alkanes of at least 4 members (excludes halogenated alkanes) is 1. The van der Waals surface area contributed by atoms with Gasteiger partial charge >= 0.3 is 0 Å². The molecule has 0 saturated carbocycles. The highest BCUT2D eigenvalue weighted by atomic mass is 32.2. The molecule has 0 aromatic carbocycles. The zero-order valence-corrected chi connectivity index (χ0v) is 14.3. The van der Waals surface area contributed by atoms with Crippen molar-refractivity contribution in [1.29, 1.82) is 0 Å². The summed E-state index contributed by atoms with van der Waals surface area (Å²) < 4.78 is 27.0. The van der Waals surface area contributed by atoms with E-state index in [1.165, 1.54) is 18.4 Å². The van der Waals surface area contributed by atoms with Crippen LogP contribution >= 0.6 is 11.8 Å². The van der Waals surface area contributed by atoms with E-state index >= 15 is 0 Å². The van der Waals surface area contributed by atoms with Gasteiger partial charge in [-0.05, 0) is 24.9 Å². The van der Waals surface area contributed by atoms with E-state index in [0.717, 1.165) is 18.9 Å². The minimum Gasteiger partial charge on any atom is -0.379 e. The lowest BCUT2D eigenvalue weighted by Gasteiger charge is -2.11. The maximum Gasteiger partial charge on any atom is 0.191 e. The third kappa shape index (κ3) is 14.0. The Labute approximate surface area is 127 Å². The van der Waals surface area contributed by atoms with Gasteiger partial charge in [-0.3, -0.25) is 4.99 Å². The van der Waals surface area contributed by atoms with Crippen molar-refractivity contribution < 1.29 is 13.2 Å². The molecule has 0 atom stereocenters.